The average Bonchev–Trinajstić information content (AvgIpc) is 2.20. The number of allylic oxidation sites excluding steroid dienone is 1. The van der Waals surface area contributed by atoms with Gasteiger partial charge in [0.05, 0.1) is 6.61 Å². The van der Waals surface area contributed by atoms with Crippen molar-refractivity contribution in [1.29, 1.82) is 0 Å². The number of rotatable bonds is 4. The molecule has 2 N–H and O–H groups in total. The zero-order valence-corrected chi connectivity index (χ0v) is 11.0. The average molecular weight is 228 g/mol. The molecule has 0 aliphatic heterocycles. The Labute approximate surface area is 98.3 Å². The first-order chi connectivity index (χ1) is 7.32. The number of hydrogen-bond donors (Lipinski definition) is 2. The Bertz CT molecular complexity index is 254. The van der Waals surface area contributed by atoms with Gasteiger partial charge < -0.3 is 15.3 Å². The summed E-state index contributed by atoms with van der Waals surface area (Å²) in [5.41, 5.74) is 1.17. The molecule has 0 aromatic heterocycles. The number of likely N-dealkylation sites (N-methyl/N-ethyl adjacent to an activating group) is 1. The van der Waals surface area contributed by atoms with Gasteiger partial charge in [-0.15, -0.1) is 0 Å². The smallest absolute Gasteiger partial charge is 0.321 e. The first kappa shape index (κ1) is 15.0. The van der Waals surface area contributed by atoms with Crippen molar-refractivity contribution in [3.63, 3.8) is 0 Å². The topological polar surface area (TPSA) is 52.6 Å². The molecule has 4 heteroatoms. The van der Waals surface area contributed by atoms with Gasteiger partial charge in [0.2, 0.25) is 0 Å². The van der Waals surface area contributed by atoms with Crippen LogP contribution in [0.3, 0.4) is 0 Å². The van der Waals surface area contributed by atoms with E-state index in [1.54, 1.807) is 11.1 Å². The van der Waals surface area contributed by atoms with Gasteiger partial charge in [-0.3, -0.25) is 0 Å². The Morgan fingerprint density at radius 2 is 2.00 bits per heavy atom. The van der Waals surface area contributed by atoms with Gasteiger partial charge in [0, 0.05) is 19.3 Å². The number of amides is 2. The lowest BCUT2D eigenvalue weighted by Crippen LogP contribution is -2.39. The van der Waals surface area contributed by atoms with Crippen LogP contribution in [-0.2, 0) is 0 Å². The molecule has 0 aliphatic carbocycles. The van der Waals surface area contributed by atoms with E-state index in [0.717, 1.165) is 5.57 Å². The fourth-order valence-electron chi connectivity index (χ4n) is 1.00. The fraction of sp³-hybridized carbons (Fsp3) is 0.750. The summed E-state index contributed by atoms with van der Waals surface area (Å²) in [6, 6.07) is -0.167. The maximum Gasteiger partial charge on any atom is 0.321 e. The molecule has 0 bridgehead atoms. The van der Waals surface area contributed by atoms with E-state index in [0.29, 0.717) is 13.1 Å². The van der Waals surface area contributed by atoms with Crippen LogP contribution in [0.2, 0.25) is 0 Å². The zero-order valence-electron chi connectivity index (χ0n) is 11.0. The Morgan fingerprint density at radius 3 is 2.38 bits per heavy atom. The molecule has 0 aliphatic rings. The predicted molar refractivity (Wildman–Crippen MR) is 66.1 cm³/mol. The monoisotopic (exact) mass is 228 g/mol. The van der Waals surface area contributed by atoms with E-state index < -0.39 is 0 Å². The van der Waals surface area contributed by atoms with Crippen molar-refractivity contribution in [2.45, 2.75) is 34.6 Å². The Morgan fingerprint density at radius 1 is 1.44 bits per heavy atom. The highest BCUT2D eigenvalue weighted by Crippen LogP contribution is 2.23. The fourth-order valence-corrected chi connectivity index (χ4v) is 1.00. The van der Waals surface area contributed by atoms with Crippen LogP contribution >= 0.6 is 0 Å². The highest BCUT2D eigenvalue weighted by molar-refractivity contribution is 5.75. The third-order valence-corrected chi connectivity index (χ3v) is 2.63. The molecule has 0 spiro atoms. The number of carbonyl (C=O) groups is 1. The first-order valence-electron chi connectivity index (χ1n) is 5.66. The minimum Gasteiger partial charge on any atom is -0.395 e. The maximum absolute atomic E-state index is 11.7. The predicted octanol–water partition coefficient (Wildman–Crippen LogP) is 1.96. The van der Waals surface area contributed by atoms with Crippen molar-refractivity contribution in [1.82, 2.24) is 10.2 Å². The van der Waals surface area contributed by atoms with Gasteiger partial charge in [-0.2, -0.15) is 0 Å². The normalized spacial score (nSPS) is 12.5. The minimum atomic E-state index is -0.167. The summed E-state index contributed by atoms with van der Waals surface area (Å²) in [6.45, 7) is 11.1. The molecule has 0 fully saturated rings. The number of urea groups is 1. The van der Waals surface area contributed by atoms with Crippen LogP contribution in [0.1, 0.15) is 34.6 Å². The van der Waals surface area contributed by atoms with Gasteiger partial charge in [-0.1, -0.05) is 26.3 Å². The van der Waals surface area contributed by atoms with Crippen LogP contribution in [0, 0.1) is 5.41 Å². The molecule has 0 heterocycles. The molecule has 0 saturated carbocycles. The molecule has 16 heavy (non-hydrogen) atoms. The lowest BCUT2D eigenvalue weighted by atomic mass is 9.88. The van der Waals surface area contributed by atoms with E-state index in [1.165, 1.54) is 0 Å². The van der Waals surface area contributed by atoms with Gasteiger partial charge >= 0.3 is 6.03 Å². The lowest BCUT2D eigenvalue weighted by Gasteiger charge is -2.22. The van der Waals surface area contributed by atoms with Crippen LogP contribution in [-0.4, -0.2) is 35.7 Å². The quantitative estimate of drug-likeness (QED) is 0.773. The van der Waals surface area contributed by atoms with E-state index in [2.05, 4.69) is 26.1 Å². The van der Waals surface area contributed by atoms with Gasteiger partial charge in [0.25, 0.3) is 0 Å². The Kier molecular flexibility index (Phi) is 6.11. The van der Waals surface area contributed by atoms with Crippen molar-refractivity contribution in [2.24, 2.45) is 5.41 Å². The first-order valence-corrected chi connectivity index (χ1v) is 5.66. The van der Waals surface area contributed by atoms with Crippen molar-refractivity contribution in [3.05, 3.63) is 11.8 Å². The lowest BCUT2D eigenvalue weighted by molar-refractivity contribution is 0.183. The molecule has 0 saturated heterocycles. The second-order valence-electron chi connectivity index (χ2n) is 4.83. The minimum absolute atomic E-state index is 0.0107. The third-order valence-electron chi connectivity index (χ3n) is 2.63. The van der Waals surface area contributed by atoms with E-state index in [-0.39, 0.29) is 18.1 Å². The van der Waals surface area contributed by atoms with Crippen molar-refractivity contribution < 1.29 is 9.90 Å². The molecular formula is C12H24N2O2. The van der Waals surface area contributed by atoms with Crippen molar-refractivity contribution >= 4 is 6.03 Å². The molecule has 0 atom stereocenters. The van der Waals surface area contributed by atoms with E-state index in [1.807, 2.05) is 13.8 Å². The second kappa shape index (κ2) is 6.53. The van der Waals surface area contributed by atoms with Gasteiger partial charge in [0.1, 0.15) is 0 Å². The Hall–Kier alpha value is -1.03. The van der Waals surface area contributed by atoms with E-state index in [4.69, 9.17) is 5.11 Å². The van der Waals surface area contributed by atoms with E-state index >= 15 is 0 Å². The molecular weight excluding hydrogens is 204 g/mol. The van der Waals surface area contributed by atoms with Crippen LogP contribution < -0.4 is 5.32 Å². The molecule has 4 nitrogen and oxygen atoms in total. The molecule has 0 rings (SSSR count). The standard InChI is InChI=1S/C12H24N2O2/c1-6-14(7-8-15)11(16)13-9-10(2)12(3,4)5/h9,15H,6-8H2,1-5H3,(H,13,16)/b10-9+. The summed E-state index contributed by atoms with van der Waals surface area (Å²) in [6.07, 6.45) is 1.74. The molecule has 0 radical (unpaired) electrons. The van der Waals surface area contributed by atoms with Crippen molar-refractivity contribution in [3.8, 4) is 0 Å². The zero-order chi connectivity index (χ0) is 12.8. The number of aliphatic hydroxyl groups excluding tert-OH is 1. The highest BCUT2D eigenvalue weighted by atomic mass is 16.3. The highest BCUT2D eigenvalue weighted by Gasteiger charge is 2.14. The summed E-state index contributed by atoms with van der Waals surface area (Å²) in [5, 5.41) is 11.5. The number of aliphatic hydroxyl groups is 1. The molecule has 94 valence electrons. The number of carbonyl (C=O) groups excluding carboxylic acids is 1. The summed E-state index contributed by atoms with van der Waals surface area (Å²) < 4.78 is 0. The number of nitrogens with zero attached hydrogens (tertiary/aromatic N) is 1. The maximum atomic E-state index is 11.7. The summed E-state index contributed by atoms with van der Waals surface area (Å²) >= 11 is 0. The van der Waals surface area contributed by atoms with Crippen LogP contribution in [0.5, 0.6) is 0 Å². The summed E-state index contributed by atoms with van der Waals surface area (Å²) in [7, 11) is 0. The second-order valence-corrected chi connectivity index (χ2v) is 4.83. The number of hydrogen-bond acceptors (Lipinski definition) is 2. The largest absolute Gasteiger partial charge is 0.395 e. The molecule has 2 amide bonds. The van der Waals surface area contributed by atoms with Crippen LogP contribution in [0.25, 0.3) is 0 Å². The summed E-state index contributed by atoms with van der Waals surface area (Å²) in [5.74, 6) is 0. The number of nitrogens with one attached hydrogen (secondary N) is 1. The Balaban J connectivity index is 4.35. The van der Waals surface area contributed by atoms with E-state index in [9.17, 15) is 4.79 Å². The SMILES string of the molecule is CCN(CCO)C(=O)N/C=C(\C)C(C)(C)C. The third kappa shape index (κ3) is 5.16. The van der Waals surface area contributed by atoms with Crippen LogP contribution in [0.4, 0.5) is 4.79 Å². The van der Waals surface area contributed by atoms with Crippen molar-refractivity contribution in [2.75, 3.05) is 19.7 Å². The summed E-state index contributed by atoms with van der Waals surface area (Å²) in [4.78, 5) is 13.2. The van der Waals surface area contributed by atoms with Gasteiger partial charge in [-0.05, 0) is 19.3 Å². The van der Waals surface area contributed by atoms with Gasteiger partial charge in [0.15, 0.2) is 0 Å². The molecule has 0 aromatic carbocycles. The van der Waals surface area contributed by atoms with Crippen LogP contribution in [0.15, 0.2) is 11.8 Å². The van der Waals surface area contributed by atoms with Gasteiger partial charge in [-0.25, -0.2) is 4.79 Å². The molecule has 0 aromatic rings. The molecule has 0 unspecified atom stereocenters.